The molecule has 2 fully saturated rings. The van der Waals surface area contributed by atoms with Gasteiger partial charge in [-0.3, -0.25) is 24.6 Å². The zero-order chi connectivity index (χ0) is 18.3. The van der Waals surface area contributed by atoms with E-state index in [1.54, 1.807) is 4.90 Å². The van der Waals surface area contributed by atoms with Gasteiger partial charge in [-0.15, -0.1) is 0 Å². The van der Waals surface area contributed by atoms with Crippen molar-refractivity contribution in [2.75, 3.05) is 19.6 Å². The van der Waals surface area contributed by atoms with E-state index < -0.39 is 6.04 Å². The smallest absolute Gasteiger partial charge is 0.255 e. The number of likely N-dealkylation sites (N-methyl/N-ethyl adjacent to an activating group) is 1. The normalized spacial score (nSPS) is 23.8. The number of nitrogens with zero attached hydrogens (tertiary/aromatic N) is 2. The highest BCUT2D eigenvalue weighted by atomic mass is 16.2. The zero-order valence-corrected chi connectivity index (χ0v) is 15.0. The Labute approximate surface area is 152 Å². The maximum Gasteiger partial charge on any atom is 0.255 e. The molecular formula is C19H24N4O3. The van der Waals surface area contributed by atoms with E-state index in [9.17, 15) is 14.4 Å². The third-order valence-electron chi connectivity index (χ3n) is 5.52. The second-order valence-electron chi connectivity index (χ2n) is 7.29. The standard InChI is InChI=1S/C19H24N4O3/c1-2-20-13-9-22(10-13)8-12-4-3-5-14-15(12)11-23(19(14)26)16-6-7-17(24)21-18(16)25/h3-5,13,16,20H,2,6-11H2,1H3,(H,21,24,25). The molecule has 2 saturated heterocycles. The van der Waals surface area contributed by atoms with Gasteiger partial charge >= 0.3 is 0 Å². The van der Waals surface area contributed by atoms with E-state index in [0.29, 0.717) is 24.6 Å². The van der Waals surface area contributed by atoms with Gasteiger partial charge in [-0.25, -0.2) is 0 Å². The van der Waals surface area contributed by atoms with E-state index in [4.69, 9.17) is 0 Å². The fraction of sp³-hybridized carbons (Fsp3) is 0.526. The molecule has 0 aromatic heterocycles. The zero-order valence-electron chi connectivity index (χ0n) is 15.0. The Morgan fingerprint density at radius 3 is 2.77 bits per heavy atom. The molecule has 1 aromatic carbocycles. The Hall–Kier alpha value is -2.25. The summed E-state index contributed by atoms with van der Waals surface area (Å²) in [6.45, 7) is 6.39. The van der Waals surface area contributed by atoms with Gasteiger partial charge in [-0.05, 0) is 30.2 Å². The molecule has 2 N–H and O–H groups in total. The molecule has 3 aliphatic rings. The average molecular weight is 356 g/mol. The minimum Gasteiger partial charge on any atom is -0.322 e. The predicted octanol–water partition coefficient (Wildman–Crippen LogP) is 0.241. The maximum atomic E-state index is 12.8. The molecule has 0 aliphatic carbocycles. The Morgan fingerprint density at radius 1 is 1.23 bits per heavy atom. The van der Waals surface area contributed by atoms with E-state index in [2.05, 4.69) is 28.5 Å². The number of amides is 3. The highest BCUT2D eigenvalue weighted by Crippen LogP contribution is 2.30. The molecule has 0 spiro atoms. The molecule has 4 rings (SSSR count). The number of imide groups is 1. The number of hydrogen-bond donors (Lipinski definition) is 2. The van der Waals surface area contributed by atoms with Crippen molar-refractivity contribution in [3.63, 3.8) is 0 Å². The van der Waals surface area contributed by atoms with Crippen molar-refractivity contribution in [3.05, 3.63) is 34.9 Å². The SMILES string of the molecule is CCNC1CN(Cc2cccc3c2CN(C2CCC(=O)NC2=O)C3=O)C1. The van der Waals surface area contributed by atoms with Gasteiger partial charge in [0.2, 0.25) is 11.8 Å². The fourth-order valence-corrected chi connectivity index (χ4v) is 4.16. The summed E-state index contributed by atoms with van der Waals surface area (Å²) in [5, 5.41) is 5.79. The quantitative estimate of drug-likeness (QED) is 0.739. The summed E-state index contributed by atoms with van der Waals surface area (Å²) in [6, 6.07) is 5.83. The summed E-state index contributed by atoms with van der Waals surface area (Å²) in [6.07, 6.45) is 0.680. The number of hydrogen-bond acceptors (Lipinski definition) is 5. The van der Waals surface area contributed by atoms with Crippen molar-refractivity contribution >= 4 is 17.7 Å². The second kappa shape index (κ2) is 6.81. The molecule has 1 atom stereocenters. The van der Waals surface area contributed by atoms with E-state index in [0.717, 1.165) is 37.3 Å². The molecule has 138 valence electrons. The van der Waals surface area contributed by atoms with Gasteiger partial charge in [-0.1, -0.05) is 19.1 Å². The molecule has 3 aliphatic heterocycles. The molecule has 3 amide bonds. The van der Waals surface area contributed by atoms with Gasteiger partial charge in [0, 0.05) is 44.2 Å². The lowest BCUT2D eigenvalue weighted by Gasteiger charge is -2.40. The lowest BCUT2D eigenvalue weighted by atomic mass is 10.0. The van der Waals surface area contributed by atoms with E-state index in [1.807, 2.05) is 12.1 Å². The van der Waals surface area contributed by atoms with Gasteiger partial charge in [0.15, 0.2) is 0 Å². The Morgan fingerprint density at radius 2 is 2.04 bits per heavy atom. The number of fused-ring (bicyclic) bond motifs is 1. The Bertz CT molecular complexity index is 757. The van der Waals surface area contributed by atoms with E-state index in [1.165, 1.54) is 0 Å². The van der Waals surface area contributed by atoms with E-state index in [-0.39, 0.29) is 24.1 Å². The third kappa shape index (κ3) is 3.01. The van der Waals surface area contributed by atoms with Crippen molar-refractivity contribution in [3.8, 4) is 0 Å². The number of benzene rings is 1. The summed E-state index contributed by atoms with van der Waals surface area (Å²) in [5.41, 5.74) is 2.87. The molecule has 1 unspecified atom stereocenters. The lowest BCUT2D eigenvalue weighted by molar-refractivity contribution is -0.136. The van der Waals surface area contributed by atoms with Gasteiger partial charge < -0.3 is 10.2 Å². The highest BCUT2D eigenvalue weighted by molar-refractivity contribution is 6.05. The average Bonchev–Trinajstić information content (AvgIpc) is 2.91. The van der Waals surface area contributed by atoms with Crippen molar-refractivity contribution in [1.29, 1.82) is 0 Å². The van der Waals surface area contributed by atoms with Gasteiger partial charge in [0.1, 0.15) is 6.04 Å². The van der Waals surface area contributed by atoms with E-state index >= 15 is 0 Å². The van der Waals surface area contributed by atoms with Crippen LogP contribution in [0.1, 0.15) is 41.3 Å². The highest BCUT2D eigenvalue weighted by Gasteiger charge is 2.40. The molecule has 1 aromatic rings. The maximum absolute atomic E-state index is 12.8. The molecule has 0 bridgehead atoms. The summed E-state index contributed by atoms with van der Waals surface area (Å²) in [4.78, 5) is 40.3. The topological polar surface area (TPSA) is 81.8 Å². The van der Waals surface area contributed by atoms with Gasteiger partial charge in [-0.2, -0.15) is 0 Å². The second-order valence-corrected chi connectivity index (χ2v) is 7.29. The van der Waals surface area contributed by atoms with Crippen LogP contribution >= 0.6 is 0 Å². The number of rotatable bonds is 5. The largest absolute Gasteiger partial charge is 0.322 e. The molecule has 0 radical (unpaired) electrons. The lowest BCUT2D eigenvalue weighted by Crippen LogP contribution is -2.57. The van der Waals surface area contributed by atoms with Crippen molar-refractivity contribution in [1.82, 2.24) is 20.4 Å². The number of likely N-dealkylation sites (tertiary alicyclic amines) is 1. The third-order valence-corrected chi connectivity index (χ3v) is 5.52. The molecule has 3 heterocycles. The first-order valence-electron chi connectivity index (χ1n) is 9.28. The fourth-order valence-electron chi connectivity index (χ4n) is 4.16. The summed E-state index contributed by atoms with van der Waals surface area (Å²) in [5.74, 6) is -0.727. The van der Waals surface area contributed by atoms with Crippen LogP contribution in [0.5, 0.6) is 0 Å². The number of carbonyl (C=O) groups is 3. The monoisotopic (exact) mass is 356 g/mol. The molecule has 7 nitrogen and oxygen atoms in total. The minimum absolute atomic E-state index is 0.106. The van der Waals surface area contributed by atoms with Crippen LogP contribution in [0.2, 0.25) is 0 Å². The molecule has 26 heavy (non-hydrogen) atoms. The summed E-state index contributed by atoms with van der Waals surface area (Å²) < 4.78 is 0. The van der Waals surface area contributed by atoms with Gasteiger partial charge in [0.25, 0.3) is 5.91 Å². The summed E-state index contributed by atoms with van der Waals surface area (Å²) in [7, 11) is 0. The first-order chi connectivity index (χ1) is 12.6. The first kappa shape index (κ1) is 17.2. The number of piperidine rings is 1. The van der Waals surface area contributed by atoms with Crippen LogP contribution in [-0.4, -0.2) is 59.2 Å². The molecule has 0 saturated carbocycles. The van der Waals surface area contributed by atoms with Crippen LogP contribution in [-0.2, 0) is 22.7 Å². The van der Waals surface area contributed by atoms with Crippen molar-refractivity contribution in [2.24, 2.45) is 0 Å². The predicted molar refractivity (Wildman–Crippen MR) is 95.2 cm³/mol. The van der Waals surface area contributed by atoms with Crippen molar-refractivity contribution in [2.45, 2.75) is 44.9 Å². The van der Waals surface area contributed by atoms with Crippen molar-refractivity contribution < 1.29 is 14.4 Å². The van der Waals surface area contributed by atoms with Crippen LogP contribution in [0.25, 0.3) is 0 Å². The molecule has 7 heteroatoms. The minimum atomic E-state index is -0.553. The number of nitrogens with one attached hydrogen (secondary N) is 2. The first-order valence-corrected chi connectivity index (χ1v) is 9.28. The van der Waals surface area contributed by atoms with Crippen LogP contribution < -0.4 is 10.6 Å². The number of carbonyl (C=O) groups excluding carboxylic acids is 3. The van der Waals surface area contributed by atoms with Crippen LogP contribution in [0.4, 0.5) is 0 Å². The van der Waals surface area contributed by atoms with Crippen LogP contribution in [0.15, 0.2) is 18.2 Å². The van der Waals surface area contributed by atoms with Crippen LogP contribution in [0.3, 0.4) is 0 Å². The molecular weight excluding hydrogens is 332 g/mol. The van der Waals surface area contributed by atoms with Crippen LogP contribution in [0, 0.1) is 0 Å². The van der Waals surface area contributed by atoms with Gasteiger partial charge in [0.05, 0.1) is 0 Å². The Balaban J connectivity index is 1.48. The summed E-state index contributed by atoms with van der Waals surface area (Å²) >= 11 is 0. The Kier molecular flexibility index (Phi) is 4.50.